The molecule has 0 unspecified atom stereocenters. The van der Waals surface area contributed by atoms with Gasteiger partial charge in [0.15, 0.2) is 0 Å². The number of halogens is 3. The van der Waals surface area contributed by atoms with Crippen LogP contribution in [0.4, 0.5) is 13.2 Å². The molecule has 0 saturated carbocycles. The van der Waals surface area contributed by atoms with Crippen molar-refractivity contribution in [2.24, 2.45) is 0 Å². The fourth-order valence-electron chi connectivity index (χ4n) is 2.94. The lowest BCUT2D eigenvalue weighted by molar-refractivity contribution is -0.144. The number of aliphatic carboxylic acids is 1. The number of carbonyl (C=O) groups excluding carboxylic acids is 1. The highest BCUT2D eigenvalue weighted by Gasteiger charge is 2.30. The summed E-state index contributed by atoms with van der Waals surface area (Å²) in [5.74, 6) is -1.61. The highest BCUT2D eigenvalue weighted by molar-refractivity contribution is 5.83. The largest absolute Gasteiger partial charge is 0.480 e. The zero-order valence-corrected chi connectivity index (χ0v) is 15.7. The number of aromatic nitrogens is 2. The average Bonchev–Trinajstić information content (AvgIpc) is 2.85. The standard InChI is InChI=1S/C19H22F3N3O3/c1-13-16(14(2)25(23-13)12-19(20,21)22)10-17(26)24(11-18(27)28)9-8-15-6-4-3-5-7-15/h3-7H,8-12H2,1-2H3,(H,27,28). The summed E-state index contributed by atoms with van der Waals surface area (Å²) in [6.45, 7) is 1.50. The van der Waals surface area contributed by atoms with E-state index < -0.39 is 31.1 Å². The van der Waals surface area contributed by atoms with Gasteiger partial charge in [-0.15, -0.1) is 0 Å². The van der Waals surface area contributed by atoms with E-state index in [1.807, 2.05) is 30.3 Å². The van der Waals surface area contributed by atoms with Crippen LogP contribution < -0.4 is 0 Å². The molecule has 0 fully saturated rings. The third kappa shape index (κ3) is 6.11. The lowest BCUT2D eigenvalue weighted by Gasteiger charge is -2.21. The summed E-state index contributed by atoms with van der Waals surface area (Å²) in [6, 6.07) is 9.30. The molecule has 0 saturated heterocycles. The van der Waals surface area contributed by atoms with Crippen molar-refractivity contribution in [2.75, 3.05) is 13.1 Å². The second-order valence-corrected chi connectivity index (χ2v) is 6.54. The fraction of sp³-hybridized carbons (Fsp3) is 0.421. The maximum atomic E-state index is 12.7. The first kappa shape index (κ1) is 21.5. The Morgan fingerprint density at radius 3 is 2.39 bits per heavy atom. The van der Waals surface area contributed by atoms with Crippen LogP contribution >= 0.6 is 0 Å². The number of carbonyl (C=O) groups is 2. The topological polar surface area (TPSA) is 75.4 Å². The zero-order chi connectivity index (χ0) is 20.9. The molecule has 9 heteroatoms. The van der Waals surface area contributed by atoms with Gasteiger partial charge in [-0.05, 0) is 25.8 Å². The molecule has 1 aromatic carbocycles. The van der Waals surface area contributed by atoms with E-state index in [9.17, 15) is 22.8 Å². The first-order valence-corrected chi connectivity index (χ1v) is 8.70. The van der Waals surface area contributed by atoms with Crippen molar-refractivity contribution >= 4 is 11.9 Å². The molecule has 0 spiro atoms. The van der Waals surface area contributed by atoms with Crippen LogP contribution in [0, 0.1) is 13.8 Å². The van der Waals surface area contributed by atoms with Crippen molar-refractivity contribution in [3.05, 3.63) is 52.8 Å². The molecule has 1 heterocycles. The summed E-state index contributed by atoms with van der Waals surface area (Å²) in [5.41, 5.74) is 1.93. The number of benzene rings is 1. The van der Waals surface area contributed by atoms with Gasteiger partial charge in [-0.3, -0.25) is 14.3 Å². The van der Waals surface area contributed by atoms with Crippen LogP contribution in [0.25, 0.3) is 0 Å². The maximum Gasteiger partial charge on any atom is 0.408 e. The molecular weight excluding hydrogens is 375 g/mol. The number of hydrogen-bond donors (Lipinski definition) is 1. The molecule has 0 bridgehead atoms. The minimum absolute atomic E-state index is 0.197. The molecule has 28 heavy (non-hydrogen) atoms. The highest BCUT2D eigenvalue weighted by atomic mass is 19.4. The van der Waals surface area contributed by atoms with E-state index in [-0.39, 0.29) is 18.7 Å². The molecule has 1 N–H and O–H groups in total. The molecule has 0 aliphatic rings. The molecule has 152 valence electrons. The molecule has 0 aliphatic carbocycles. The highest BCUT2D eigenvalue weighted by Crippen LogP contribution is 2.21. The van der Waals surface area contributed by atoms with Crippen LogP contribution in [-0.2, 0) is 29.0 Å². The Kier molecular flexibility index (Phi) is 6.82. The quantitative estimate of drug-likeness (QED) is 0.743. The smallest absolute Gasteiger partial charge is 0.408 e. The monoisotopic (exact) mass is 397 g/mol. The van der Waals surface area contributed by atoms with Crippen LogP contribution in [0.1, 0.15) is 22.5 Å². The van der Waals surface area contributed by atoms with Crippen LogP contribution in [0.15, 0.2) is 30.3 Å². The summed E-state index contributed by atoms with van der Waals surface area (Å²) in [4.78, 5) is 25.0. The number of carboxylic acids is 1. The molecule has 2 aromatic rings. The Bertz CT molecular complexity index is 832. The Morgan fingerprint density at radius 1 is 1.18 bits per heavy atom. The van der Waals surface area contributed by atoms with Crippen LogP contribution in [0.3, 0.4) is 0 Å². The van der Waals surface area contributed by atoms with Gasteiger partial charge in [0.25, 0.3) is 0 Å². The number of amides is 1. The number of rotatable bonds is 8. The van der Waals surface area contributed by atoms with Gasteiger partial charge in [0.1, 0.15) is 13.1 Å². The van der Waals surface area contributed by atoms with E-state index in [1.54, 1.807) is 0 Å². The van der Waals surface area contributed by atoms with Crippen molar-refractivity contribution in [3.8, 4) is 0 Å². The van der Waals surface area contributed by atoms with Gasteiger partial charge >= 0.3 is 12.1 Å². The second-order valence-electron chi connectivity index (χ2n) is 6.54. The van der Waals surface area contributed by atoms with Gasteiger partial charge in [-0.1, -0.05) is 30.3 Å². The fourth-order valence-corrected chi connectivity index (χ4v) is 2.94. The van der Waals surface area contributed by atoms with Crippen molar-refractivity contribution in [1.29, 1.82) is 0 Å². The van der Waals surface area contributed by atoms with Gasteiger partial charge in [0.05, 0.1) is 12.1 Å². The SMILES string of the molecule is Cc1nn(CC(F)(F)F)c(C)c1CC(=O)N(CCc1ccccc1)CC(=O)O. The van der Waals surface area contributed by atoms with E-state index in [2.05, 4.69) is 5.10 Å². The summed E-state index contributed by atoms with van der Waals surface area (Å²) >= 11 is 0. The lowest BCUT2D eigenvalue weighted by atomic mass is 10.1. The zero-order valence-electron chi connectivity index (χ0n) is 15.7. The number of nitrogens with zero attached hydrogens (tertiary/aromatic N) is 3. The van der Waals surface area contributed by atoms with Gasteiger partial charge in [0, 0.05) is 17.8 Å². The molecule has 6 nitrogen and oxygen atoms in total. The molecule has 0 aliphatic heterocycles. The molecule has 0 radical (unpaired) electrons. The van der Waals surface area contributed by atoms with Crippen LogP contribution in [0.5, 0.6) is 0 Å². The molecule has 1 amide bonds. The Morgan fingerprint density at radius 2 is 1.82 bits per heavy atom. The third-order valence-electron chi connectivity index (χ3n) is 4.38. The second kappa shape index (κ2) is 8.90. The predicted octanol–water partition coefficient (Wildman–Crippen LogP) is 2.76. The summed E-state index contributed by atoms with van der Waals surface area (Å²) in [7, 11) is 0. The van der Waals surface area contributed by atoms with Crippen molar-refractivity contribution < 1.29 is 27.9 Å². The molecule has 2 rings (SSSR count). The third-order valence-corrected chi connectivity index (χ3v) is 4.38. The summed E-state index contributed by atoms with van der Waals surface area (Å²) in [5, 5.41) is 13.0. The normalized spacial score (nSPS) is 11.5. The van der Waals surface area contributed by atoms with E-state index >= 15 is 0 Å². The molecule has 0 atom stereocenters. The number of carboxylic acid groups (broad SMARTS) is 1. The summed E-state index contributed by atoms with van der Waals surface area (Å²) in [6.07, 6.45) is -4.14. The van der Waals surface area contributed by atoms with Gasteiger partial charge in [-0.25, -0.2) is 0 Å². The van der Waals surface area contributed by atoms with E-state index in [1.165, 1.54) is 18.7 Å². The Labute approximate surface area is 160 Å². The van der Waals surface area contributed by atoms with Gasteiger partial charge in [-0.2, -0.15) is 18.3 Å². The Hall–Kier alpha value is -2.84. The molecule has 1 aromatic heterocycles. The van der Waals surface area contributed by atoms with Crippen molar-refractivity contribution in [1.82, 2.24) is 14.7 Å². The maximum absolute atomic E-state index is 12.7. The lowest BCUT2D eigenvalue weighted by Crippen LogP contribution is -2.38. The van der Waals surface area contributed by atoms with E-state index in [0.29, 0.717) is 17.7 Å². The number of aryl methyl sites for hydroxylation is 1. The molecular formula is C19H22F3N3O3. The van der Waals surface area contributed by atoms with Crippen LogP contribution in [-0.4, -0.2) is 50.9 Å². The number of alkyl halides is 3. The van der Waals surface area contributed by atoms with Gasteiger partial charge < -0.3 is 10.0 Å². The van der Waals surface area contributed by atoms with E-state index in [4.69, 9.17) is 5.11 Å². The minimum Gasteiger partial charge on any atom is -0.480 e. The first-order chi connectivity index (χ1) is 13.1. The van der Waals surface area contributed by atoms with E-state index in [0.717, 1.165) is 10.2 Å². The van der Waals surface area contributed by atoms with Gasteiger partial charge in [0.2, 0.25) is 5.91 Å². The van der Waals surface area contributed by atoms with Crippen LogP contribution in [0.2, 0.25) is 0 Å². The number of hydrogen-bond acceptors (Lipinski definition) is 3. The minimum atomic E-state index is -4.42. The average molecular weight is 397 g/mol. The predicted molar refractivity (Wildman–Crippen MR) is 95.8 cm³/mol. The van der Waals surface area contributed by atoms with Crippen molar-refractivity contribution in [2.45, 2.75) is 39.4 Å². The summed E-state index contributed by atoms with van der Waals surface area (Å²) < 4.78 is 38.8. The first-order valence-electron chi connectivity index (χ1n) is 8.70. The Balaban J connectivity index is 2.13. The van der Waals surface area contributed by atoms with Crippen molar-refractivity contribution in [3.63, 3.8) is 0 Å².